The van der Waals surface area contributed by atoms with Crippen molar-refractivity contribution in [3.63, 3.8) is 0 Å². The van der Waals surface area contributed by atoms with Gasteiger partial charge in [0.15, 0.2) is 5.16 Å². The molecule has 3 aromatic rings. The van der Waals surface area contributed by atoms with E-state index in [0.717, 1.165) is 27.5 Å². The molecule has 0 saturated heterocycles. The molecule has 6 heteroatoms. The van der Waals surface area contributed by atoms with Crippen molar-refractivity contribution in [3.8, 4) is 5.75 Å². The number of fused-ring (bicyclic) bond motifs is 1. The largest absolute Gasteiger partial charge is 0.497 e. The van der Waals surface area contributed by atoms with Gasteiger partial charge in [0, 0.05) is 13.6 Å². The van der Waals surface area contributed by atoms with E-state index < -0.39 is 0 Å². The highest BCUT2D eigenvalue weighted by Gasteiger charge is 2.12. The van der Waals surface area contributed by atoms with Crippen molar-refractivity contribution in [2.75, 3.05) is 19.9 Å². The molecule has 1 aromatic heterocycles. The Morgan fingerprint density at radius 3 is 2.92 bits per heavy atom. The first-order valence-electron chi connectivity index (χ1n) is 8.01. The molecular formula is C19H21N3O2S. The predicted octanol–water partition coefficient (Wildman–Crippen LogP) is 3.63. The Balaban J connectivity index is 1.58. The summed E-state index contributed by atoms with van der Waals surface area (Å²) in [4.78, 5) is 21.9. The van der Waals surface area contributed by atoms with E-state index in [0.29, 0.717) is 12.3 Å². The molecule has 0 atom stereocenters. The van der Waals surface area contributed by atoms with Gasteiger partial charge in [-0.05, 0) is 42.3 Å². The minimum absolute atomic E-state index is 0.0597. The van der Waals surface area contributed by atoms with Gasteiger partial charge in [-0.3, -0.25) is 4.79 Å². The molecule has 0 aliphatic heterocycles. The second kappa shape index (κ2) is 7.61. The summed E-state index contributed by atoms with van der Waals surface area (Å²) in [5.41, 5.74) is 4.14. The number of rotatable bonds is 6. The van der Waals surface area contributed by atoms with Crippen LogP contribution < -0.4 is 4.74 Å². The summed E-state index contributed by atoms with van der Waals surface area (Å²) in [6, 6.07) is 13.8. The third-order valence-electron chi connectivity index (χ3n) is 3.93. The van der Waals surface area contributed by atoms with Crippen LogP contribution in [-0.2, 0) is 11.3 Å². The number of H-pyrrole nitrogens is 1. The Hall–Kier alpha value is -2.47. The van der Waals surface area contributed by atoms with Gasteiger partial charge in [0.05, 0.1) is 23.9 Å². The summed E-state index contributed by atoms with van der Waals surface area (Å²) >= 11 is 1.42. The highest BCUT2D eigenvalue weighted by molar-refractivity contribution is 7.99. The zero-order valence-electron chi connectivity index (χ0n) is 14.6. The van der Waals surface area contributed by atoms with E-state index in [1.165, 1.54) is 17.3 Å². The van der Waals surface area contributed by atoms with Crippen LogP contribution in [0.3, 0.4) is 0 Å². The number of amides is 1. The molecule has 2 aromatic carbocycles. The SMILES string of the molecule is COc1cccc(CN(C)C(=O)CSc2nc3ccc(C)cc3[nH]2)c1. The first-order chi connectivity index (χ1) is 12.0. The molecule has 25 heavy (non-hydrogen) atoms. The maximum Gasteiger partial charge on any atom is 0.233 e. The third kappa shape index (κ3) is 4.33. The van der Waals surface area contributed by atoms with Crippen LogP contribution in [0.2, 0.25) is 0 Å². The molecule has 3 rings (SSSR count). The predicted molar refractivity (Wildman–Crippen MR) is 101 cm³/mol. The number of aromatic amines is 1. The number of thioether (sulfide) groups is 1. The van der Waals surface area contributed by atoms with E-state index in [4.69, 9.17) is 4.74 Å². The number of hydrogen-bond acceptors (Lipinski definition) is 4. The number of nitrogens with one attached hydrogen (secondary N) is 1. The molecule has 0 radical (unpaired) electrons. The molecular weight excluding hydrogens is 334 g/mol. The van der Waals surface area contributed by atoms with Crippen LogP contribution in [0.5, 0.6) is 5.75 Å². The van der Waals surface area contributed by atoms with E-state index in [2.05, 4.69) is 16.0 Å². The van der Waals surface area contributed by atoms with E-state index >= 15 is 0 Å². The molecule has 0 aliphatic rings. The maximum absolute atomic E-state index is 12.4. The van der Waals surface area contributed by atoms with Crippen molar-refractivity contribution >= 4 is 28.7 Å². The lowest BCUT2D eigenvalue weighted by molar-refractivity contribution is -0.127. The lowest BCUT2D eigenvalue weighted by Gasteiger charge is -2.17. The summed E-state index contributed by atoms with van der Waals surface area (Å²) in [5.74, 6) is 1.20. The molecule has 0 bridgehead atoms. The molecule has 0 fully saturated rings. The number of ether oxygens (including phenoxy) is 1. The second-order valence-corrected chi connectivity index (χ2v) is 6.92. The number of carbonyl (C=O) groups excluding carboxylic acids is 1. The molecule has 0 saturated carbocycles. The Bertz CT molecular complexity index is 891. The highest BCUT2D eigenvalue weighted by Crippen LogP contribution is 2.21. The van der Waals surface area contributed by atoms with Crippen LogP contribution in [-0.4, -0.2) is 40.7 Å². The topological polar surface area (TPSA) is 58.2 Å². The summed E-state index contributed by atoms with van der Waals surface area (Å²) in [6.07, 6.45) is 0. The number of benzene rings is 2. The first kappa shape index (κ1) is 17.4. The summed E-state index contributed by atoms with van der Waals surface area (Å²) in [5, 5.41) is 0.767. The van der Waals surface area contributed by atoms with Gasteiger partial charge in [-0.1, -0.05) is 30.0 Å². The molecule has 0 unspecified atom stereocenters. The van der Waals surface area contributed by atoms with Gasteiger partial charge < -0.3 is 14.6 Å². The van der Waals surface area contributed by atoms with Crippen LogP contribution in [0.15, 0.2) is 47.6 Å². The van der Waals surface area contributed by atoms with Crippen LogP contribution in [0.1, 0.15) is 11.1 Å². The number of aryl methyl sites for hydroxylation is 1. The Morgan fingerprint density at radius 1 is 1.28 bits per heavy atom. The van der Waals surface area contributed by atoms with E-state index in [-0.39, 0.29) is 5.91 Å². The number of hydrogen-bond donors (Lipinski definition) is 1. The average molecular weight is 355 g/mol. The molecule has 1 N–H and O–H groups in total. The van der Waals surface area contributed by atoms with Gasteiger partial charge in [-0.15, -0.1) is 0 Å². The van der Waals surface area contributed by atoms with Crippen LogP contribution in [0, 0.1) is 6.92 Å². The van der Waals surface area contributed by atoms with E-state index in [9.17, 15) is 4.79 Å². The minimum atomic E-state index is 0.0597. The van der Waals surface area contributed by atoms with Crippen LogP contribution >= 0.6 is 11.8 Å². The number of nitrogens with zero attached hydrogens (tertiary/aromatic N) is 2. The average Bonchev–Trinajstić information content (AvgIpc) is 3.01. The fourth-order valence-electron chi connectivity index (χ4n) is 2.54. The summed E-state index contributed by atoms with van der Waals surface area (Å²) < 4.78 is 5.22. The van der Waals surface area contributed by atoms with Crippen molar-refractivity contribution in [2.45, 2.75) is 18.6 Å². The van der Waals surface area contributed by atoms with Crippen molar-refractivity contribution in [1.29, 1.82) is 0 Å². The normalized spacial score (nSPS) is 10.8. The Kier molecular flexibility index (Phi) is 5.28. The van der Waals surface area contributed by atoms with Crippen molar-refractivity contribution in [3.05, 3.63) is 53.6 Å². The Morgan fingerprint density at radius 2 is 2.12 bits per heavy atom. The van der Waals surface area contributed by atoms with Crippen LogP contribution in [0.4, 0.5) is 0 Å². The van der Waals surface area contributed by atoms with Gasteiger partial charge in [-0.25, -0.2) is 4.98 Å². The smallest absolute Gasteiger partial charge is 0.233 e. The van der Waals surface area contributed by atoms with E-state index in [1.807, 2.05) is 50.4 Å². The third-order valence-corrected chi connectivity index (χ3v) is 4.79. The second-order valence-electron chi connectivity index (χ2n) is 5.95. The van der Waals surface area contributed by atoms with E-state index in [1.54, 1.807) is 12.0 Å². The Labute approximate surface area is 151 Å². The van der Waals surface area contributed by atoms with Gasteiger partial charge in [0.2, 0.25) is 5.91 Å². The first-order valence-corrected chi connectivity index (χ1v) is 9.00. The lowest BCUT2D eigenvalue weighted by Crippen LogP contribution is -2.27. The van der Waals surface area contributed by atoms with Crippen LogP contribution in [0.25, 0.3) is 11.0 Å². The fraction of sp³-hybridized carbons (Fsp3) is 0.263. The zero-order valence-corrected chi connectivity index (χ0v) is 15.4. The fourth-order valence-corrected chi connectivity index (χ4v) is 3.37. The van der Waals surface area contributed by atoms with Crippen molar-refractivity contribution < 1.29 is 9.53 Å². The standard InChI is InChI=1S/C19H21N3O2S/c1-13-7-8-16-17(9-13)21-19(20-16)25-12-18(23)22(2)11-14-5-4-6-15(10-14)24-3/h4-10H,11-12H2,1-3H3,(H,20,21). The zero-order chi connectivity index (χ0) is 17.8. The molecule has 1 amide bonds. The monoisotopic (exact) mass is 355 g/mol. The number of carbonyl (C=O) groups is 1. The maximum atomic E-state index is 12.4. The number of imidazole rings is 1. The van der Waals surface area contributed by atoms with Gasteiger partial charge in [0.25, 0.3) is 0 Å². The molecule has 130 valence electrons. The quantitative estimate of drug-likeness (QED) is 0.686. The number of methoxy groups -OCH3 is 1. The molecule has 1 heterocycles. The summed E-state index contributed by atoms with van der Waals surface area (Å²) in [7, 11) is 3.45. The summed E-state index contributed by atoms with van der Waals surface area (Å²) in [6.45, 7) is 2.60. The van der Waals surface area contributed by atoms with Crippen molar-refractivity contribution in [2.24, 2.45) is 0 Å². The molecule has 0 aliphatic carbocycles. The van der Waals surface area contributed by atoms with Crippen molar-refractivity contribution in [1.82, 2.24) is 14.9 Å². The van der Waals surface area contributed by atoms with Gasteiger partial charge in [-0.2, -0.15) is 0 Å². The highest BCUT2D eigenvalue weighted by atomic mass is 32.2. The molecule has 5 nitrogen and oxygen atoms in total. The number of aromatic nitrogens is 2. The lowest BCUT2D eigenvalue weighted by atomic mass is 10.2. The van der Waals surface area contributed by atoms with Gasteiger partial charge in [0.1, 0.15) is 5.75 Å². The van der Waals surface area contributed by atoms with Gasteiger partial charge >= 0.3 is 0 Å². The minimum Gasteiger partial charge on any atom is -0.497 e. The molecule has 0 spiro atoms.